The molecule has 0 aliphatic heterocycles. The van der Waals surface area contributed by atoms with Crippen LogP contribution in [0.15, 0.2) is 24.4 Å². The smallest absolute Gasteiger partial charge is 0.337 e. The summed E-state index contributed by atoms with van der Waals surface area (Å²) < 4.78 is 0.404. The number of hydrogen-bond donors (Lipinski definition) is 3. The lowest BCUT2D eigenvalue weighted by Gasteiger charge is -2.09. The van der Waals surface area contributed by atoms with Crippen molar-refractivity contribution in [1.82, 2.24) is 4.98 Å². The van der Waals surface area contributed by atoms with Gasteiger partial charge in [-0.1, -0.05) is 11.6 Å². The Balaban J connectivity index is 2.22. The minimum Gasteiger partial charge on any atom is -0.478 e. The van der Waals surface area contributed by atoms with Crippen molar-refractivity contribution in [3.8, 4) is 0 Å². The Hall–Kier alpha value is -2.12. The zero-order valence-corrected chi connectivity index (χ0v) is 11.5. The average molecular weight is 313 g/mol. The summed E-state index contributed by atoms with van der Waals surface area (Å²) in [5.74, 6) is -2.37. The Bertz CT molecular complexity index is 671. The number of thiazole rings is 1. The second-order valence-corrected chi connectivity index (χ2v) is 5.50. The summed E-state index contributed by atoms with van der Waals surface area (Å²) in [5, 5.41) is 20.9. The molecule has 0 radical (unpaired) electrons. The fourth-order valence-corrected chi connectivity index (χ4v) is 2.47. The van der Waals surface area contributed by atoms with Crippen molar-refractivity contribution in [2.75, 3.05) is 5.32 Å². The molecule has 0 unspecified atom stereocenters. The summed E-state index contributed by atoms with van der Waals surface area (Å²) >= 11 is 6.98. The number of nitrogens with one attached hydrogen (secondary N) is 1. The van der Waals surface area contributed by atoms with Gasteiger partial charge in [0, 0.05) is 16.8 Å². The second kappa shape index (κ2) is 5.89. The van der Waals surface area contributed by atoms with Crippen molar-refractivity contribution in [2.24, 2.45) is 0 Å². The summed E-state index contributed by atoms with van der Waals surface area (Å²) in [7, 11) is 0. The first-order chi connectivity index (χ1) is 9.47. The molecule has 3 N–H and O–H groups in total. The molecule has 1 aromatic heterocycles. The zero-order chi connectivity index (χ0) is 14.7. The van der Waals surface area contributed by atoms with E-state index in [1.807, 2.05) is 0 Å². The lowest BCUT2D eigenvalue weighted by atomic mass is 10.1. The zero-order valence-electron chi connectivity index (χ0n) is 9.96. The molecule has 1 aromatic carbocycles. The number of carboxylic acid groups (broad SMARTS) is 2. The van der Waals surface area contributed by atoms with Gasteiger partial charge in [-0.2, -0.15) is 0 Å². The molecule has 0 saturated carbocycles. The van der Waals surface area contributed by atoms with E-state index >= 15 is 0 Å². The molecular formula is C12H9ClN2O4S. The van der Waals surface area contributed by atoms with E-state index < -0.39 is 11.9 Å². The molecule has 0 atom stereocenters. The SMILES string of the molecule is O=C(O)c1ccc(NCc2cnc(Cl)s2)c(C(=O)O)c1. The quantitative estimate of drug-likeness (QED) is 0.785. The maximum atomic E-state index is 11.1. The number of carboxylic acids is 2. The molecule has 0 aliphatic carbocycles. The third-order valence-corrected chi connectivity index (χ3v) is 3.59. The van der Waals surface area contributed by atoms with Gasteiger partial charge in [-0.05, 0) is 18.2 Å². The summed E-state index contributed by atoms with van der Waals surface area (Å²) in [6, 6.07) is 3.89. The summed E-state index contributed by atoms with van der Waals surface area (Å²) in [6.45, 7) is 0.358. The third kappa shape index (κ3) is 3.25. The minimum atomic E-state index is -1.20. The number of anilines is 1. The van der Waals surface area contributed by atoms with Crippen LogP contribution in [0, 0.1) is 0 Å². The van der Waals surface area contributed by atoms with Gasteiger partial charge in [0.2, 0.25) is 0 Å². The first-order valence-electron chi connectivity index (χ1n) is 5.42. The molecule has 0 aliphatic rings. The number of hydrogen-bond acceptors (Lipinski definition) is 5. The molecule has 8 heteroatoms. The largest absolute Gasteiger partial charge is 0.478 e. The van der Waals surface area contributed by atoms with Crippen LogP contribution in [-0.4, -0.2) is 27.1 Å². The van der Waals surface area contributed by atoms with Gasteiger partial charge in [0.15, 0.2) is 4.47 Å². The van der Waals surface area contributed by atoms with Gasteiger partial charge in [0.1, 0.15) is 0 Å². The third-order valence-electron chi connectivity index (χ3n) is 2.48. The Morgan fingerprint density at radius 3 is 2.60 bits per heavy atom. The van der Waals surface area contributed by atoms with Crippen molar-refractivity contribution < 1.29 is 19.8 Å². The fraction of sp³-hybridized carbons (Fsp3) is 0.0833. The number of rotatable bonds is 5. The molecule has 0 spiro atoms. The lowest BCUT2D eigenvalue weighted by molar-refractivity contribution is 0.0696. The minimum absolute atomic E-state index is 0.0752. The van der Waals surface area contributed by atoms with E-state index in [2.05, 4.69) is 10.3 Å². The van der Waals surface area contributed by atoms with Gasteiger partial charge in [-0.3, -0.25) is 0 Å². The van der Waals surface area contributed by atoms with Crippen LogP contribution < -0.4 is 5.32 Å². The van der Waals surface area contributed by atoms with Crippen molar-refractivity contribution in [3.05, 3.63) is 44.9 Å². The number of carbonyl (C=O) groups is 2. The topological polar surface area (TPSA) is 99.5 Å². The number of aromatic nitrogens is 1. The maximum absolute atomic E-state index is 11.1. The molecule has 2 rings (SSSR count). The molecule has 104 valence electrons. The molecule has 20 heavy (non-hydrogen) atoms. The van der Waals surface area contributed by atoms with Crippen molar-refractivity contribution >= 4 is 40.6 Å². The van der Waals surface area contributed by atoms with Gasteiger partial charge >= 0.3 is 11.9 Å². The van der Waals surface area contributed by atoms with E-state index in [4.69, 9.17) is 21.8 Å². The van der Waals surface area contributed by atoms with Crippen LogP contribution in [0.5, 0.6) is 0 Å². The molecule has 0 saturated heterocycles. The highest BCUT2D eigenvalue weighted by molar-refractivity contribution is 7.15. The van der Waals surface area contributed by atoms with Crippen LogP contribution in [-0.2, 0) is 6.54 Å². The van der Waals surface area contributed by atoms with Crippen LogP contribution in [0.1, 0.15) is 25.6 Å². The van der Waals surface area contributed by atoms with Crippen LogP contribution >= 0.6 is 22.9 Å². The average Bonchev–Trinajstić information content (AvgIpc) is 2.81. The van der Waals surface area contributed by atoms with Gasteiger partial charge in [0.05, 0.1) is 17.7 Å². The van der Waals surface area contributed by atoms with Crippen LogP contribution in [0.3, 0.4) is 0 Å². The lowest BCUT2D eigenvalue weighted by Crippen LogP contribution is -2.08. The molecular weight excluding hydrogens is 304 g/mol. The normalized spacial score (nSPS) is 10.2. The van der Waals surface area contributed by atoms with Crippen molar-refractivity contribution in [3.63, 3.8) is 0 Å². The van der Waals surface area contributed by atoms with Gasteiger partial charge in [-0.15, -0.1) is 11.3 Å². The summed E-state index contributed by atoms with van der Waals surface area (Å²) in [4.78, 5) is 26.7. The van der Waals surface area contributed by atoms with E-state index in [0.29, 0.717) is 16.7 Å². The molecule has 1 heterocycles. The van der Waals surface area contributed by atoms with E-state index in [9.17, 15) is 9.59 Å². The van der Waals surface area contributed by atoms with Gasteiger partial charge in [-0.25, -0.2) is 14.6 Å². The Kier molecular flexibility index (Phi) is 4.21. The fourth-order valence-electron chi connectivity index (χ4n) is 1.56. The number of aromatic carboxylic acids is 2. The Morgan fingerprint density at radius 2 is 2.05 bits per heavy atom. The Morgan fingerprint density at radius 1 is 1.30 bits per heavy atom. The van der Waals surface area contributed by atoms with E-state index in [1.165, 1.54) is 23.5 Å². The van der Waals surface area contributed by atoms with Crippen LogP contribution in [0.2, 0.25) is 4.47 Å². The molecule has 0 bridgehead atoms. The first kappa shape index (κ1) is 14.3. The van der Waals surface area contributed by atoms with Crippen LogP contribution in [0.25, 0.3) is 0 Å². The molecule has 2 aromatic rings. The van der Waals surface area contributed by atoms with Crippen molar-refractivity contribution in [2.45, 2.75) is 6.54 Å². The highest BCUT2D eigenvalue weighted by atomic mass is 35.5. The molecule has 6 nitrogen and oxygen atoms in total. The first-order valence-corrected chi connectivity index (χ1v) is 6.61. The summed E-state index contributed by atoms with van der Waals surface area (Å²) in [6.07, 6.45) is 1.59. The summed E-state index contributed by atoms with van der Waals surface area (Å²) in [5.41, 5.74) is 0.168. The number of nitrogens with zero attached hydrogens (tertiary/aromatic N) is 1. The van der Waals surface area contributed by atoms with Crippen molar-refractivity contribution in [1.29, 1.82) is 0 Å². The second-order valence-electron chi connectivity index (χ2n) is 3.80. The van der Waals surface area contributed by atoms with Crippen LogP contribution in [0.4, 0.5) is 5.69 Å². The predicted octanol–water partition coefficient (Wildman–Crippen LogP) is 2.81. The maximum Gasteiger partial charge on any atom is 0.337 e. The standard InChI is InChI=1S/C12H9ClN2O4S/c13-12-15-5-7(20-12)4-14-9-2-1-6(10(16)17)3-8(9)11(18)19/h1-3,5,14H,4H2,(H,16,17)(H,18,19). The molecule has 0 fully saturated rings. The molecule has 0 amide bonds. The monoisotopic (exact) mass is 312 g/mol. The number of halogens is 1. The predicted molar refractivity (Wildman–Crippen MR) is 74.8 cm³/mol. The van der Waals surface area contributed by atoms with E-state index in [0.717, 1.165) is 10.9 Å². The van der Waals surface area contributed by atoms with E-state index in [1.54, 1.807) is 6.20 Å². The van der Waals surface area contributed by atoms with Gasteiger partial charge in [0.25, 0.3) is 0 Å². The highest BCUT2D eigenvalue weighted by Crippen LogP contribution is 2.22. The highest BCUT2D eigenvalue weighted by Gasteiger charge is 2.14. The van der Waals surface area contributed by atoms with E-state index in [-0.39, 0.29) is 11.1 Å². The Labute approximate surface area is 122 Å². The van der Waals surface area contributed by atoms with Gasteiger partial charge < -0.3 is 15.5 Å². The number of benzene rings is 1.